The van der Waals surface area contributed by atoms with Gasteiger partial charge in [-0.15, -0.1) is 6.58 Å². The number of carbonyl (C=O) groups excluding carboxylic acids is 1. The molecular formula is C18H28O12. The average Bonchev–Trinajstić information content (AvgIpc) is 2.99. The molecule has 9 atom stereocenters. The predicted molar refractivity (Wildman–Crippen MR) is 96.5 cm³/mol. The minimum atomic E-state index is -3.07. The molecule has 12 heteroatoms. The quantitative estimate of drug-likeness (QED) is 0.128. The second kappa shape index (κ2) is 9.06. The molecule has 1 unspecified atom stereocenters. The van der Waals surface area contributed by atoms with Crippen LogP contribution in [0.5, 0.6) is 0 Å². The molecule has 172 valence electrons. The zero-order chi connectivity index (χ0) is 22.9. The van der Waals surface area contributed by atoms with Gasteiger partial charge in [-0.2, -0.15) is 0 Å². The Labute approximate surface area is 171 Å². The molecule has 0 amide bonds. The van der Waals surface area contributed by atoms with Crippen LogP contribution in [0.4, 0.5) is 0 Å². The van der Waals surface area contributed by atoms with Crippen LogP contribution in [0.3, 0.4) is 0 Å². The summed E-state index contributed by atoms with van der Waals surface area (Å²) in [5, 5.41) is 81.3. The highest BCUT2D eigenvalue weighted by molar-refractivity contribution is 5.98. The van der Waals surface area contributed by atoms with Crippen LogP contribution in [0.15, 0.2) is 25.3 Å². The predicted octanol–water partition coefficient (Wildman–Crippen LogP) is -4.32. The molecule has 0 spiro atoms. The largest absolute Gasteiger partial charge is 0.394 e. The molecule has 30 heavy (non-hydrogen) atoms. The van der Waals surface area contributed by atoms with Crippen molar-refractivity contribution in [1.29, 1.82) is 0 Å². The van der Waals surface area contributed by atoms with Gasteiger partial charge < -0.3 is 55.1 Å². The molecule has 2 heterocycles. The molecule has 0 aromatic heterocycles. The Morgan fingerprint density at radius 3 is 1.93 bits per heavy atom. The molecule has 2 aliphatic heterocycles. The summed E-state index contributed by atoms with van der Waals surface area (Å²) in [6.45, 7) is 3.89. The highest BCUT2D eigenvalue weighted by Gasteiger charge is 2.71. The van der Waals surface area contributed by atoms with E-state index in [9.17, 15) is 45.6 Å². The standard InChI is InChI=1S/C18H28O12/c1-3-5-17(30-16(8-21)14(25)12(23)9(6-19)28-16)18(27,11(22)4-2)15(26)13(24)10(7-20)29-17/h3-4,9-10,12-15,19-21,23-27H,1-2,5-8H2/t9-,10-,12-,13-,14+,15+,16?,17+,18-/m1/s1. The highest BCUT2D eigenvalue weighted by atomic mass is 16.8. The van der Waals surface area contributed by atoms with Gasteiger partial charge in [0, 0.05) is 6.42 Å². The van der Waals surface area contributed by atoms with E-state index in [0.29, 0.717) is 6.08 Å². The molecule has 0 radical (unpaired) electrons. The molecule has 2 saturated heterocycles. The molecule has 0 aromatic carbocycles. The van der Waals surface area contributed by atoms with Gasteiger partial charge in [0.05, 0.1) is 13.2 Å². The second-order valence-corrected chi connectivity index (χ2v) is 7.20. The van der Waals surface area contributed by atoms with Gasteiger partial charge in [0.2, 0.25) is 17.2 Å². The Balaban J connectivity index is 2.67. The Bertz CT molecular complexity index is 657. The first-order chi connectivity index (χ1) is 14.0. The summed E-state index contributed by atoms with van der Waals surface area (Å²) in [5.41, 5.74) is -3.07. The van der Waals surface area contributed by atoms with Crippen LogP contribution in [0, 0.1) is 0 Å². The lowest BCUT2D eigenvalue weighted by molar-refractivity contribution is -0.447. The molecule has 0 bridgehead atoms. The second-order valence-electron chi connectivity index (χ2n) is 7.20. The number of ether oxygens (including phenoxy) is 3. The van der Waals surface area contributed by atoms with Crippen molar-refractivity contribution in [3.8, 4) is 0 Å². The van der Waals surface area contributed by atoms with E-state index in [4.69, 9.17) is 14.2 Å². The van der Waals surface area contributed by atoms with Crippen LogP contribution in [-0.4, -0.2) is 120 Å². The van der Waals surface area contributed by atoms with Gasteiger partial charge in [-0.3, -0.25) is 4.79 Å². The fourth-order valence-corrected chi connectivity index (χ4v) is 3.78. The average molecular weight is 436 g/mol. The lowest BCUT2D eigenvalue weighted by atomic mass is 9.75. The Kier molecular flexibility index (Phi) is 7.54. The van der Waals surface area contributed by atoms with Crippen molar-refractivity contribution in [3.63, 3.8) is 0 Å². The fourth-order valence-electron chi connectivity index (χ4n) is 3.78. The maximum Gasteiger partial charge on any atom is 0.224 e. The summed E-state index contributed by atoms with van der Waals surface area (Å²) < 4.78 is 16.4. The number of aliphatic hydroxyl groups is 8. The Morgan fingerprint density at radius 2 is 1.50 bits per heavy atom. The SMILES string of the molecule is C=CC[C@@]1(OC2(CO)O[C@H](CO)[C@@H](O)[C@@H]2O)O[C@H](CO)[C@@H](O)[C@H](O)[C@]1(O)C(=O)C=C. The smallest absolute Gasteiger partial charge is 0.224 e. The minimum absolute atomic E-state index is 0.582. The molecule has 0 aromatic rings. The van der Waals surface area contributed by atoms with Crippen molar-refractivity contribution in [2.45, 2.75) is 60.2 Å². The van der Waals surface area contributed by atoms with Crippen LogP contribution in [0.1, 0.15) is 6.42 Å². The molecule has 12 nitrogen and oxygen atoms in total. The molecule has 0 saturated carbocycles. The first-order valence-electron chi connectivity index (χ1n) is 9.14. The van der Waals surface area contributed by atoms with E-state index >= 15 is 0 Å². The monoisotopic (exact) mass is 436 g/mol. The maximum absolute atomic E-state index is 12.6. The third-order valence-corrected chi connectivity index (χ3v) is 5.45. The molecule has 0 aliphatic carbocycles. The number of ketones is 1. The zero-order valence-corrected chi connectivity index (χ0v) is 16.1. The molecule has 2 rings (SSSR count). The number of hydrogen-bond donors (Lipinski definition) is 8. The first kappa shape index (κ1) is 25.0. The Hall–Kier alpha value is -1.29. The van der Waals surface area contributed by atoms with E-state index in [1.165, 1.54) is 0 Å². The highest BCUT2D eigenvalue weighted by Crippen LogP contribution is 2.47. The fraction of sp³-hybridized carbons (Fsp3) is 0.722. The normalized spacial score (nSPS) is 46.5. The van der Waals surface area contributed by atoms with E-state index in [2.05, 4.69) is 13.2 Å². The summed E-state index contributed by atoms with van der Waals surface area (Å²) in [6.07, 6.45) is -9.79. The van der Waals surface area contributed by atoms with Crippen LogP contribution in [-0.2, 0) is 19.0 Å². The van der Waals surface area contributed by atoms with Crippen molar-refractivity contribution in [2.75, 3.05) is 19.8 Å². The lowest BCUT2D eigenvalue weighted by Crippen LogP contribution is -2.78. The van der Waals surface area contributed by atoms with Gasteiger partial charge in [0.25, 0.3) is 0 Å². The number of rotatable bonds is 9. The van der Waals surface area contributed by atoms with E-state index in [1.807, 2.05) is 0 Å². The number of hydrogen-bond acceptors (Lipinski definition) is 12. The maximum atomic E-state index is 12.6. The summed E-state index contributed by atoms with van der Waals surface area (Å²) in [6, 6.07) is 0. The van der Waals surface area contributed by atoms with Gasteiger partial charge in [-0.25, -0.2) is 0 Å². The summed E-state index contributed by atoms with van der Waals surface area (Å²) in [4.78, 5) is 12.6. The topological polar surface area (TPSA) is 207 Å². The summed E-state index contributed by atoms with van der Waals surface area (Å²) >= 11 is 0. The van der Waals surface area contributed by atoms with Crippen molar-refractivity contribution in [3.05, 3.63) is 25.3 Å². The van der Waals surface area contributed by atoms with Gasteiger partial charge in [0.15, 0.2) is 5.78 Å². The van der Waals surface area contributed by atoms with Crippen LogP contribution >= 0.6 is 0 Å². The molecular weight excluding hydrogens is 408 g/mol. The van der Waals surface area contributed by atoms with E-state index in [0.717, 1.165) is 6.08 Å². The van der Waals surface area contributed by atoms with E-state index < -0.39 is 85.8 Å². The first-order valence-corrected chi connectivity index (χ1v) is 9.14. The third kappa shape index (κ3) is 3.53. The minimum Gasteiger partial charge on any atom is -0.394 e. The van der Waals surface area contributed by atoms with Gasteiger partial charge in [-0.1, -0.05) is 12.7 Å². The van der Waals surface area contributed by atoms with Crippen LogP contribution < -0.4 is 0 Å². The van der Waals surface area contributed by atoms with Crippen molar-refractivity contribution in [1.82, 2.24) is 0 Å². The van der Waals surface area contributed by atoms with Crippen LogP contribution in [0.2, 0.25) is 0 Å². The van der Waals surface area contributed by atoms with Crippen LogP contribution in [0.25, 0.3) is 0 Å². The van der Waals surface area contributed by atoms with Gasteiger partial charge in [-0.05, 0) is 6.08 Å². The molecule has 2 aliphatic rings. The lowest BCUT2D eigenvalue weighted by Gasteiger charge is -2.55. The van der Waals surface area contributed by atoms with E-state index in [1.54, 1.807) is 0 Å². The van der Waals surface area contributed by atoms with Crippen molar-refractivity contribution >= 4 is 5.78 Å². The van der Waals surface area contributed by atoms with Gasteiger partial charge in [0.1, 0.15) is 43.2 Å². The molecule has 2 fully saturated rings. The summed E-state index contributed by atoms with van der Waals surface area (Å²) in [5.74, 6) is -6.47. The Morgan fingerprint density at radius 1 is 0.967 bits per heavy atom. The van der Waals surface area contributed by atoms with Gasteiger partial charge >= 0.3 is 0 Å². The third-order valence-electron chi connectivity index (χ3n) is 5.45. The number of aliphatic hydroxyl groups excluding tert-OH is 7. The molecule has 8 N–H and O–H groups in total. The van der Waals surface area contributed by atoms with Crippen molar-refractivity contribution < 1.29 is 59.9 Å². The van der Waals surface area contributed by atoms with E-state index in [-0.39, 0.29) is 0 Å². The van der Waals surface area contributed by atoms with Crippen molar-refractivity contribution in [2.24, 2.45) is 0 Å². The zero-order valence-electron chi connectivity index (χ0n) is 16.1. The number of carbonyl (C=O) groups is 1. The summed E-state index contributed by atoms with van der Waals surface area (Å²) in [7, 11) is 0.